The Labute approximate surface area is 109 Å². The van der Waals surface area contributed by atoms with Crippen molar-refractivity contribution in [1.29, 1.82) is 0 Å². The summed E-state index contributed by atoms with van der Waals surface area (Å²) in [4.78, 5) is 11.1. The molecule has 0 aliphatic heterocycles. The molecule has 1 unspecified atom stereocenters. The first kappa shape index (κ1) is 14.2. The van der Waals surface area contributed by atoms with E-state index in [4.69, 9.17) is 5.11 Å². The number of hydrogen-bond donors (Lipinski definition) is 1. The maximum Gasteiger partial charge on any atom is 0.322 e. The molecule has 1 N–H and O–H groups in total. The molecule has 0 amide bonds. The topological polar surface area (TPSA) is 71.4 Å². The maximum atomic E-state index is 12.2. The Morgan fingerprint density at radius 2 is 2.00 bits per heavy atom. The summed E-state index contributed by atoms with van der Waals surface area (Å²) in [5.41, 5.74) is 0. The van der Waals surface area contributed by atoms with Crippen molar-refractivity contribution in [1.82, 2.24) is 0 Å². The van der Waals surface area contributed by atoms with Crippen molar-refractivity contribution in [2.45, 2.75) is 29.9 Å². The van der Waals surface area contributed by atoms with Crippen molar-refractivity contribution in [3.8, 4) is 0 Å². The summed E-state index contributed by atoms with van der Waals surface area (Å²) in [5, 5.41) is 7.61. The van der Waals surface area contributed by atoms with Gasteiger partial charge in [0.2, 0.25) is 0 Å². The van der Waals surface area contributed by atoms with Crippen LogP contribution in [0.5, 0.6) is 0 Å². The number of carboxylic acid groups (broad SMARTS) is 1. The number of hydrogen-bond acceptors (Lipinski definition) is 3. The van der Waals surface area contributed by atoms with Crippen LogP contribution < -0.4 is 0 Å². The molecule has 17 heavy (non-hydrogen) atoms. The number of rotatable bonds is 5. The standard InChI is InChI=1S/C11H13BrO4S/c1-2-5-10(11(13)14)17(15,16)9-7-4-3-6-8(9)12/h3-4,6-7,10H,2,5H2,1H3,(H,13,14). The van der Waals surface area contributed by atoms with Crippen molar-refractivity contribution in [2.24, 2.45) is 0 Å². The zero-order valence-corrected chi connectivity index (χ0v) is 11.7. The molecular weight excluding hydrogens is 308 g/mol. The zero-order chi connectivity index (χ0) is 13.1. The number of aliphatic carboxylic acids is 1. The second-order valence-electron chi connectivity index (χ2n) is 3.59. The van der Waals surface area contributed by atoms with E-state index in [2.05, 4.69) is 15.9 Å². The lowest BCUT2D eigenvalue weighted by atomic mass is 10.2. The van der Waals surface area contributed by atoms with Gasteiger partial charge in [0.05, 0.1) is 4.90 Å². The van der Waals surface area contributed by atoms with E-state index in [-0.39, 0.29) is 11.3 Å². The van der Waals surface area contributed by atoms with Crippen molar-refractivity contribution in [3.63, 3.8) is 0 Å². The first-order valence-corrected chi connectivity index (χ1v) is 7.46. The molecule has 1 aromatic carbocycles. The van der Waals surface area contributed by atoms with Gasteiger partial charge in [0, 0.05) is 4.47 Å². The Kier molecular flexibility index (Phi) is 4.70. The van der Waals surface area contributed by atoms with Crippen LogP contribution in [-0.4, -0.2) is 24.7 Å². The number of carbonyl (C=O) groups is 1. The summed E-state index contributed by atoms with van der Waals surface area (Å²) < 4.78 is 24.7. The van der Waals surface area contributed by atoms with Gasteiger partial charge in [-0.25, -0.2) is 8.42 Å². The molecule has 6 heteroatoms. The van der Waals surface area contributed by atoms with Crippen LogP contribution >= 0.6 is 15.9 Å². The Hall–Kier alpha value is -0.880. The van der Waals surface area contributed by atoms with Gasteiger partial charge in [0.1, 0.15) is 0 Å². The van der Waals surface area contributed by atoms with Crippen LogP contribution in [0.4, 0.5) is 0 Å². The molecule has 0 radical (unpaired) electrons. The third-order valence-electron chi connectivity index (χ3n) is 2.34. The highest BCUT2D eigenvalue weighted by Gasteiger charge is 2.34. The number of halogens is 1. The molecule has 0 saturated heterocycles. The smallest absolute Gasteiger partial charge is 0.322 e. The van der Waals surface area contributed by atoms with Gasteiger partial charge >= 0.3 is 5.97 Å². The van der Waals surface area contributed by atoms with Crippen molar-refractivity contribution >= 4 is 31.7 Å². The predicted octanol–water partition coefficient (Wildman–Crippen LogP) is 2.48. The van der Waals surface area contributed by atoms with Crippen molar-refractivity contribution in [2.75, 3.05) is 0 Å². The molecule has 0 fully saturated rings. The average molecular weight is 321 g/mol. The molecule has 0 aliphatic rings. The molecule has 0 spiro atoms. The van der Waals surface area contributed by atoms with E-state index in [0.29, 0.717) is 10.9 Å². The minimum absolute atomic E-state index is 0.0286. The van der Waals surface area contributed by atoms with Crippen LogP contribution in [0.1, 0.15) is 19.8 Å². The third kappa shape index (κ3) is 3.07. The highest BCUT2D eigenvalue weighted by atomic mass is 79.9. The fourth-order valence-electron chi connectivity index (χ4n) is 1.50. The molecule has 0 aromatic heterocycles. The molecular formula is C11H13BrO4S. The number of benzene rings is 1. The zero-order valence-electron chi connectivity index (χ0n) is 9.26. The Balaban J connectivity index is 3.27. The van der Waals surface area contributed by atoms with Crippen LogP contribution in [-0.2, 0) is 14.6 Å². The minimum Gasteiger partial charge on any atom is -0.480 e. The quantitative estimate of drug-likeness (QED) is 0.904. The molecule has 0 heterocycles. The predicted molar refractivity (Wildman–Crippen MR) is 67.7 cm³/mol. The fourth-order valence-corrected chi connectivity index (χ4v) is 4.19. The monoisotopic (exact) mass is 320 g/mol. The lowest BCUT2D eigenvalue weighted by Gasteiger charge is -2.13. The van der Waals surface area contributed by atoms with Gasteiger partial charge in [-0.1, -0.05) is 25.5 Å². The first-order chi connectivity index (χ1) is 7.91. The lowest BCUT2D eigenvalue weighted by Crippen LogP contribution is -2.30. The lowest BCUT2D eigenvalue weighted by molar-refractivity contribution is -0.136. The Morgan fingerprint density at radius 3 is 2.47 bits per heavy atom. The summed E-state index contributed by atoms with van der Waals surface area (Å²) in [6.07, 6.45) is 0.611. The third-order valence-corrected chi connectivity index (χ3v) is 5.45. The van der Waals surface area contributed by atoms with E-state index >= 15 is 0 Å². The van der Waals surface area contributed by atoms with Crippen molar-refractivity contribution in [3.05, 3.63) is 28.7 Å². The molecule has 0 aliphatic carbocycles. The molecule has 1 atom stereocenters. The van der Waals surface area contributed by atoms with Crippen LogP contribution in [0.3, 0.4) is 0 Å². The average Bonchev–Trinajstić information content (AvgIpc) is 2.25. The second kappa shape index (κ2) is 5.64. The van der Waals surface area contributed by atoms with E-state index in [1.807, 2.05) is 0 Å². The van der Waals surface area contributed by atoms with E-state index in [9.17, 15) is 13.2 Å². The van der Waals surface area contributed by atoms with Gasteiger partial charge in [-0.2, -0.15) is 0 Å². The maximum absolute atomic E-state index is 12.2. The molecule has 94 valence electrons. The summed E-state index contributed by atoms with van der Waals surface area (Å²) in [7, 11) is -3.84. The molecule has 0 saturated carbocycles. The largest absolute Gasteiger partial charge is 0.480 e. The summed E-state index contributed by atoms with van der Waals surface area (Å²) in [5.74, 6) is -1.30. The van der Waals surface area contributed by atoms with Crippen LogP contribution in [0.2, 0.25) is 0 Å². The summed E-state index contributed by atoms with van der Waals surface area (Å²) >= 11 is 3.13. The van der Waals surface area contributed by atoms with Gasteiger partial charge in [0.25, 0.3) is 0 Å². The fraction of sp³-hybridized carbons (Fsp3) is 0.364. The van der Waals surface area contributed by atoms with Crippen LogP contribution in [0.25, 0.3) is 0 Å². The molecule has 0 bridgehead atoms. The van der Waals surface area contributed by atoms with Gasteiger partial charge in [-0.15, -0.1) is 0 Å². The van der Waals surface area contributed by atoms with Gasteiger partial charge in [-0.3, -0.25) is 4.79 Å². The number of sulfone groups is 1. The Bertz CT molecular complexity index is 510. The van der Waals surface area contributed by atoms with E-state index in [0.717, 1.165) is 0 Å². The molecule has 1 rings (SSSR count). The first-order valence-electron chi connectivity index (χ1n) is 5.12. The van der Waals surface area contributed by atoms with E-state index < -0.39 is 21.1 Å². The minimum atomic E-state index is -3.84. The normalized spacial score (nSPS) is 13.3. The van der Waals surface area contributed by atoms with Crippen LogP contribution in [0.15, 0.2) is 33.6 Å². The SMILES string of the molecule is CCCC(C(=O)O)S(=O)(=O)c1ccccc1Br. The number of carboxylic acids is 1. The van der Waals surface area contributed by atoms with Gasteiger partial charge in [-0.05, 0) is 34.5 Å². The highest BCUT2D eigenvalue weighted by Crippen LogP contribution is 2.26. The van der Waals surface area contributed by atoms with E-state index in [1.54, 1.807) is 25.1 Å². The summed E-state index contributed by atoms with van der Waals surface area (Å²) in [6.45, 7) is 1.76. The van der Waals surface area contributed by atoms with Gasteiger partial charge in [0.15, 0.2) is 15.1 Å². The van der Waals surface area contributed by atoms with Crippen LogP contribution in [0, 0.1) is 0 Å². The summed E-state index contributed by atoms with van der Waals surface area (Å²) in [6, 6.07) is 6.24. The molecule has 1 aromatic rings. The Morgan fingerprint density at radius 1 is 1.41 bits per heavy atom. The molecule has 4 nitrogen and oxygen atoms in total. The second-order valence-corrected chi connectivity index (χ2v) is 6.54. The van der Waals surface area contributed by atoms with Gasteiger partial charge < -0.3 is 5.11 Å². The highest BCUT2D eigenvalue weighted by molar-refractivity contribution is 9.10. The van der Waals surface area contributed by atoms with Crippen molar-refractivity contribution < 1.29 is 18.3 Å². The van der Waals surface area contributed by atoms with E-state index in [1.165, 1.54) is 6.07 Å².